The topological polar surface area (TPSA) is 65.4 Å². The van der Waals surface area contributed by atoms with Crippen molar-refractivity contribution >= 4 is 16.9 Å². The van der Waals surface area contributed by atoms with Gasteiger partial charge in [0.15, 0.2) is 0 Å². The Labute approximate surface area is 145 Å². The molecule has 1 atom stereocenters. The fourth-order valence-electron chi connectivity index (χ4n) is 3.17. The highest BCUT2D eigenvalue weighted by Crippen LogP contribution is 2.25. The molecule has 1 aromatic heterocycles. The number of rotatable bonds is 4. The molecule has 0 fully saturated rings. The van der Waals surface area contributed by atoms with Gasteiger partial charge in [-0.1, -0.05) is 12.1 Å². The number of aromatic nitrogens is 2. The molecule has 128 valence electrons. The van der Waals surface area contributed by atoms with Gasteiger partial charge in [-0.3, -0.25) is 4.79 Å². The Balaban J connectivity index is 1.51. The highest BCUT2D eigenvalue weighted by atomic mass is 16.5. The molecule has 6 heteroatoms. The van der Waals surface area contributed by atoms with Gasteiger partial charge in [0.2, 0.25) is 0 Å². The molecule has 0 aliphatic carbocycles. The average Bonchev–Trinajstić information content (AvgIpc) is 3.05. The monoisotopic (exact) mass is 337 g/mol. The van der Waals surface area contributed by atoms with Crippen molar-refractivity contribution in [3.05, 3.63) is 59.9 Å². The summed E-state index contributed by atoms with van der Waals surface area (Å²) in [5.74, 6) is 1.52. The van der Waals surface area contributed by atoms with E-state index in [1.54, 1.807) is 31.4 Å². The molecule has 2 heterocycles. The number of carbonyl (C=O) groups excluding carboxylic acids is 1. The molecule has 0 spiro atoms. The summed E-state index contributed by atoms with van der Waals surface area (Å²) in [6.45, 7) is 1.53. The zero-order valence-electron chi connectivity index (χ0n) is 13.9. The van der Waals surface area contributed by atoms with E-state index in [9.17, 15) is 4.79 Å². The lowest BCUT2D eigenvalue weighted by Crippen LogP contribution is -2.35. The fourth-order valence-corrected chi connectivity index (χ4v) is 3.17. The molecule has 0 radical (unpaired) electrons. The molecule has 0 saturated carbocycles. The minimum atomic E-state index is -0.112. The van der Waals surface area contributed by atoms with Gasteiger partial charge in [-0.2, -0.15) is 0 Å². The first-order valence-electron chi connectivity index (χ1n) is 8.22. The number of carbonyl (C=O) groups is 1. The standard InChI is InChI=1S/C19H19N3O3/c1-24-15-8-6-13(7-9-15)19(23)20-10-14-11-25-12-18-21-16-4-2-3-5-17(16)22(14)18/h2-9,14H,10-12H2,1H3,(H,20,23). The van der Waals surface area contributed by atoms with Gasteiger partial charge in [0.25, 0.3) is 5.91 Å². The number of ether oxygens (including phenoxy) is 2. The number of nitrogens with zero attached hydrogens (tertiary/aromatic N) is 2. The minimum Gasteiger partial charge on any atom is -0.497 e. The van der Waals surface area contributed by atoms with Crippen molar-refractivity contribution in [2.45, 2.75) is 12.6 Å². The van der Waals surface area contributed by atoms with Gasteiger partial charge >= 0.3 is 0 Å². The van der Waals surface area contributed by atoms with Crippen molar-refractivity contribution < 1.29 is 14.3 Å². The lowest BCUT2D eigenvalue weighted by atomic mass is 10.2. The summed E-state index contributed by atoms with van der Waals surface area (Å²) in [7, 11) is 1.60. The number of benzene rings is 2. The normalized spacial score (nSPS) is 16.4. The lowest BCUT2D eigenvalue weighted by molar-refractivity contribution is 0.0553. The molecule has 4 rings (SSSR count). The van der Waals surface area contributed by atoms with Crippen molar-refractivity contribution in [2.24, 2.45) is 0 Å². The largest absolute Gasteiger partial charge is 0.497 e. The van der Waals surface area contributed by atoms with Crippen LogP contribution in [0.3, 0.4) is 0 Å². The Bertz CT molecular complexity index is 902. The zero-order valence-corrected chi connectivity index (χ0v) is 13.9. The maximum absolute atomic E-state index is 12.4. The van der Waals surface area contributed by atoms with E-state index in [-0.39, 0.29) is 11.9 Å². The van der Waals surface area contributed by atoms with Crippen LogP contribution in [0.1, 0.15) is 22.2 Å². The van der Waals surface area contributed by atoms with E-state index >= 15 is 0 Å². The number of fused-ring (bicyclic) bond motifs is 3. The van der Waals surface area contributed by atoms with Crippen LogP contribution in [0.15, 0.2) is 48.5 Å². The first-order valence-corrected chi connectivity index (χ1v) is 8.22. The SMILES string of the molecule is COc1ccc(C(=O)NCC2COCc3nc4ccccc4n32)cc1. The van der Waals surface area contributed by atoms with Gasteiger partial charge in [-0.15, -0.1) is 0 Å². The Morgan fingerprint density at radius 3 is 2.88 bits per heavy atom. The van der Waals surface area contributed by atoms with Crippen LogP contribution < -0.4 is 10.1 Å². The maximum Gasteiger partial charge on any atom is 0.251 e. The van der Waals surface area contributed by atoms with E-state index < -0.39 is 0 Å². The number of para-hydroxylation sites is 2. The lowest BCUT2D eigenvalue weighted by Gasteiger charge is -2.26. The van der Waals surface area contributed by atoms with Crippen LogP contribution in [0.4, 0.5) is 0 Å². The minimum absolute atomic E-state index is 0.0262. The number of methoxy groups -OCH3 is 1. The summed E-state index contributed by atoms with van der Waals surface area (Å²) in [4.78, 5) is 17.0. The van der Waals surface area contributed by atoms with Crippen LogP contribution in [0, 0.1) is 0 Å². The van der Waals surface area contributed by atoms with Gasteiger partial charge in [0.1, 0.15) is 18.2 Å². The number of amides is 1. The summed E-state index contributed by atoms with van der Waals surface area (Å²) in [5, 5.41) is 2.99. The van der Waals surface area contributed by atoms with Gasteiger partial charge in [0.05, 0.1) is 30.8 Å². The highest BCUT2D eigenvalue weighted by molar-refractivity contribution is 5.94. The van der Waals surface area contributed by atoms with E-state index in [1.807, 2.05) is 18.2 Å². The van der Waals surface area contributed by atoms with E-state index in [4.69, 9.17) is 9.47 Å². The van der Waals surface area contributed by atoms with E-state index in [2.05, 4.69) is 20.9 Å². The summed E-state index contributed by atoms with van der Waals surface area (Å²) in [5.41, 5.74) is 2.63. The molecular formula is C19H19N3O3. The van der Waals surface area contributed by atoms with Crippen LogP contribution in [-0.4, -0.2) is 35.7 Å². The van der Waals surface area contributed by atoms with Crippen LogP contribution in [0.5, 0.6) is 5.75 Å². The predicted molar refractivity (Wildman–Crippen MR) is 93.8 cm³/mol. The van der Waals surface area contributed by atoms with E-state index in [1.165, 1.54) is 0 Å². The highest BCUT2D eigenvalue weighted by Gasteiger charge is 2.24. The third-order valence-electron chi connectivity index (χ3n) is 4.43. The quantitative estimate of drug-likeness (QED) is 0.795. The fraction of sp³-hybridized carbons (Fsp3) is 0.263. The third kappa shape index (κ3) is 2.96. The molecule has 1 amide bonds. The second kappa shape index (κ2) is 6.57. The zero-order chi connectivity index (χ0) is 17.2. The number of hydrogen-bond acceptors (Lipinski definition) is 4. The van der Waals surface area contributed by atoms with Crippen molar-refractivity contribution in [1.82, 2.24) is 14.9 Å². The number of nitrogens with one attached hydrogen (secondary N) is 1. The van der Waals surface area contributed by atoms with E-state index in [0.29, 0.717) is 25.3 Å². The van der Waals surface area contributed by atoms with Crippen LogP contribution in [-0.2, 0) is 11.3 Å². The molecule has 25 heavy (non-hydrogen) atoms. The summed E-state index contributed by atoms with van der Waals surface area (Å²) >= 11 is 0. The molecule has 1 N–H and O–H groups in total. The van der Waals surface area contributed by atoms with Crippen LogP contribution >= 0.6 is 0 Å². The summed E-state index contributed by atoms with van der Waals surface area (Å²) < 4.78 is 12.9. The Kier molecular flexibility index (Phi) is 4.11. The molecule has 1 aliphatic heterocycles. The van der Waals surface area contributed by atoms with Crippen LogP contribution in [0.2, 0.25) is 0 Å². The van der Waals surface area contributed by atoms with Gasteiger partial charge < -0.3 is 19.4 Å². The van der Waals surface area contributed by atoms with Crippen molar-refractivity contribution in [1.29, 1.82) is 0 Å². The van der Waals surface area contributed by atoms with Gasteiger partial charge in [0, 0.05) is 12.1 Å². The molecule has 2 aromatic carbocycles. The Morgan fingerprint density at radius 1 is 1.28 bits per heavy atom. The van der Waals surface area contributed by atoms with Crippen LogP contribution in [0.25, 0.3) is 11.0 Å². The van der Waals surface area contributed by atoms with Crippen molar-refractivity contribution in [2.75, 3.05) is 20.3 Å². The Morgan fingerprint density at radius 2 is 2.08 bits per heavy atom. The van der Waals surface area contributed by atoms with E-state index in [0.717, 1.165) is 22.6 Å². The summed E-state index contributed by atoms with van der Waals surface area (Å²) in [6, 6.07) is 15.1. The second-order valence-electron chi connectivity index (χ2n) is 5.99. The number of imidazole rings is 1. The number of hydrogen-bond donors (Lipinski definition) is 1. The second-order valence-corrected chi connectivity index (χ2v) is 5.99. The van der Waals surface area contributed by atoms with Crippen molar-refractivity contribution in [3.63, 3.8) is 0 Å². The summed E-state index contributed by atoms with van der Waals surface area (Å²) in [6.07, 6.45) is 0. The Hall–Kier alpha value is -2.86. The first kappa shape index (κ1) is 15.7. The molecule has 1 unspecified atom stereocenters. The molecule has 0 saturated heterocycles. The molecular weight excluding hydrogens is 318 g/mol. The molecule has 1 aliphatic rings. The first-order chi connectivity index (χ1) is 12.3. The molecule has 3 aromatic rings. The van der Waals surface area contributed by atoms with Gasteiger partial charge in [-0.25, -0.2) is 4.98 Å². The molecule has 0 bridgehead atoms. The molecule has 6 nitrogen and oxygen atoms in total. The van der Waals surface area contributed by atoms with Crippen molar-refractivity contribution in [3.8, 4) is 5.75 Å². The smallest absolute Gasteiger partial charge is 0.251 e. The average molecular weight is 337 g/mol. The predicted octanol–water partition coefficient (Wildman–Crippen LogP) is 2.55. The third-order valence-corrected chi connectivity index (χ3v) is 4.43. The maximum atomic E-state index is 12.4. The van der Waals surface area contributed by atoms with Gasteiger partial charge in [-0.05, 0) is 36.4 Å².